The minimum absolute atomic E-state index is 1.14. The van der Waals surface area contributed by atoms with Gasteiger partial charge < -0.3 is 4.90 Å². The lowest BCUT2D eigenvalue weighted by molar-refractivity contribution is 1.30. The van der Waals surface area contributed by atoms with E-state index in [2.05, 4.69) is 169 Å². The molecule has 1 aromatic heterocycles. The van der Waals surface area contributed by atoms with Gasteiger partial charge in [0.25, 0.3) is 0 Å². The van der Waals surface area contributed by atoms with Gasteiger partial charge in [-0.3, -0.25) is 0 Å². The highest BCUT2D eigenvalue weighted by Gasteiger charge is 2.18. The highest BCUT2D eigenvalue weighted by molar-refractivity contribution is 7.26. The van der Waals surface area contributed by atoms with Gasteiger partial charge in [0.2, 0.25) is 0 Å². The molecule has 0 fully saturated rings. The van der Waals surface area contributed by atoms with E-state index in [1.54, 1.807) is 0 Å². The van der Waals surface area contributed by atoms with Crippen LogP contribution in [-0.4, -0.2) is 0 Å². The Morgan fingerprint density at radius 2 is 1.00 bits per heavy atom. The van der Waals surface area contributed by atoms with Gasteiger partial charge in [0.15, 0.2) is 0 Å². The lowest BCUT2D eigenvalue weighted by Gasteiger charge is -2.26. The highest BCUT2D eigenvalue weighted by atomic mass is 32.1. The van der Waals surface area contributed by atoms with Gasteiger partial charge in [0.05, 0.1) is 0 Å². The summed E-state index contributed by atoms with van der Waals surface area (Å²) in [6, 6.07) is 59.7. The van der Waals surface area contributed by atoms with Crippen LogP contribution in [0.25, 0.3) is 63.6 Å². The molecule has 0 saturated carbocycles. The van der Waals surface area contributed by atoms with E-state index in [1.807, 2.05) is 11.3 Å². The Morgan fingerprint density at radius 1 is 0.341 bits per heavy atom. The molecule has 0 aliphatic carbocycles. The number of nitrogens with zero attached hydrogens (tertiary/aromatic N) is 1. The summed E-state index contributed by atoms with van der Waals surface area (Å²) in [4.78, 5) is 2.38. The minimum atomic E-state index is 1.14. The topological polar surface area (TPSA) is 3.24 Å². The summed E-state index contributed by atoms with van der Waals surface area (Å²) >= 11 is 1.89. The maximum Gasteiger partial charge on any atom is 0.0468 e. The molecule has 0 aliphatic rings. The number of fused-ring (bicyclic) bond motifs is 7. The van der Waals surface area contributed by atoms with Crippen LogP contribution in [0.2, 0.25) is 0 Å². The minimum Gasteiger partial charge on any atom is -0.310 e. The molecule has 1 nitrogen and oxygen atoms in total. The van der Waals surface area contributed by atoms with Crippen molar-refractivity contribution in [2.24, 2.45) is 0 Å². The Kier molecular flexibility index (Phi) is 5.75. The summed E-state index contributed by atoms with van der Waals surface area (Å²) < 4.78 is 2.64. The summed E-state index contributed by atoms with van der Waals surface area (Å²) in [6.07, 6.45) is 0. The summed E-state index contributed by atoms with van der Waals surface area (Å²) in [6.45, 7) is 0. The molecule has 1 heterocycles. The summed E-state index contributed by atoms with van der Waals surface area (Å²) in [7, 11) is 0. The average molecular weight is 578 g/mol. The predicted octanol–water partition coefficient (Wildman–Crippen LogP) is 12.7. The molecule has 0 spiro atoms. The molecule has 0 N–H and O–H groups in total. The second-order valence-electron chi connectivity index (χ2n) is 11.4. The van der Waals surface area contributed by atoms with Crippen LogP contribution in [0.3, 0.4) is 0 Å². The van der Waals surface area contributed by atoms with Crippen LogP contribution in [0.5, 0.6) is 0 Å². The Morgan fingerprint density at radius 3 is 1.86 bits per heavy atom. The Labute approximate surface area is 259 Å². The van der Waals surface area contributed by atoms with Crippen LogP contribution in [-0.2, 0) is 0 Å². The zero-order valence-corrected chi connectivity index (χ0v) is 24.8. The molecule has 0 radical (unpaired) electrons. The molecule has 0 saturated heterocycles. The van der Waals surface area contributed by atoms with Crippen molar-refractivity contribution in [1.82, 2.24) is 0 Å². The molecular weight excluding hydrogens is 551 g/mol. The molecule has 9 rings (SSSR count). The predicted molar refractivity (Wildman–Crippen MR) is 192 cm³/mol. The highest BCUT2D eigenvalue weighted by Crippen LogP contribution is 2.46. The summed E-state index contributed by atoms with van der Waals surface area (Å²) in [5.74, 6) is 0. The summed E-state index contributed by atoms with van der Waals surface area (Å²) in [5.41, 5.74) is 6.00. The molecule has 8 aromatic carbocycles. The number of hydrogen-bond acceptors (Lipinski definition) is 2. The van der Waals surface area contributed by atoms with Crippen molar-refractivity contribution in [1.29, 1.82) is 0 Å². The third kappa shape index (κ3) is 4.00. The van der Waals surface area contributed by atoms with E-state index < -0.39 is 0 Å². The first-order valence-corrected chi connectivity index (χ1v) is 15.8. The maximum absolute atomic E-state index is 2.44. The molecule has 9 aromatic rings. The van der Waals surface area contributed by atoms with Crippen molar-refractivity contribution in [3.05, 3.63) is 164 Å². The van der Waals surface area contributed by atoms with E-state index in [-0.39, 0.29) is 0 Å². The normalized spacial score (nSPS) is 11.6. The van der Waals surface area contributed by atoms with Gasteiger partial charge in [-0.2, -0.15) is 0 Å². The maximum atomic E-state index is 2.44. The number of thiophene rings is 1. The van der Waals surface area contributed by atoms with Gasteiger partial charge in [0.1, 0.15) is 0 Å². The number of hydrogen-bond donors (Lipinski definition) is 0. The zero-order chi connectivity index (χ0) is 29.0. The average Bonchev–Trinajstić information content (AvgIpc) is 3.46. The molecule has 0 atom stereocenters. The third-order valence-corrected chi connectivity index (χ3v) is 10.0. The van der Waals surface area contributed by atoms with Crippen molar-refractivity contribution in [2.75, 3.05) is 4.90 Å². The van der Waals surface area contributed by atoms with Gasteiger partial charge in [-0.25, -0.2) is 0 Å². The van der Waals surface area contributed by atoms with Crippen molar-refractivity contribution in [3.63, 3.8) is 0 Å². The molecule has 0 aliphatic heterocycles. The van der Waals surface area contributed by atoms with Crippen LogP contribution >= 0.6 is 11.3 Å². The van der Waals surface area contributed by atoms with Crippen LogP contribution in [0.1, 0.15) is 0 Å². The van der Waals surface area contributed by atoms with E-state index >= 15 is 0 Å². The van der Waals surface area contributed by atoms with Gasteiger partial charge in [-0.15, -0.1) is 11.3 Å². The first-order valence-electron chi connectivity index (χ1n) is 15.0. The molecule has 0 amide bonds. The Bertz CT molecular complexity index is 2500. The van der Waals surface area contributed by atoms with E-state index in [4.69, 9.17) is 0 Å². The fourth-order valence-corrected chi connectivity index (χ4v) is 7.95. The summed E-state index contributed by atoms with van der Waals surface area (Å²) in [5, 5.41) is 10.2. The quantitative estimate of drug-likeness (QED) is 0.201. The molecule has 0 unspecified atom stereocenters. The molecule has 206 valence electrons. The van der Waals surface area contributed by atoms with Crippen LogP contribution < -0.4 is 4.90 Å². The van der Waals surface area contributed by atoms with Gasteiger partial charge in [0, 0.05) is 42.6 Å². The van der Waals surface area contributed by atoms with Crippen molar-refractivity contribution in [2.45, 2.75) is 0 Å². The zero-order valence-electron chi connectivity index (χ0n) is 23.9. The first kappa shape index (κ1) is 25.1. The van der Waals surface area contributed by atoms with E-state index in [0.29, 0.717) is 0 Å². The van der Waals surface area contributed by atoms with Crippen molar-refractivity contribution in [3.8, 4) is 11.1 Å². The Hall–Kier alpha value is -5.44. The lowest BCUT2D eigenvalue weighted by atomic mass is 9.92. The lowest BCUT2D eigenvalue weighted by Crippen LogP contribution is -2.09. The molecule has 2 heteroatoms. The smallest absolute Gasteiger partial charge is 0.0468 e. The van der Waals surface area contributed by atoms with Crippen LogP contribution in [0.15, 0.2) is 164 Å². The number of anilines is 3. The second kappa shape index (κ2) is 10.1. The van der Waals surface area contributed by atoms with Gasteiger partial charge in [-0.05, 0) is 86.6 Å². The van der Waals surface area contributed by atoms with Gasteiger partial charge in [-0.1, -0.05) is 115 Å². The first-order chi connectivity index (χ1) is 21.8. The second-order valence-corrected chi connectivity index (χ2v) is 12.4. The van der Waals surface area contributed by atoms with Gasteiger partial charge >= 0.3 is 0 Å². The van der Waals surface area contributed by atoms with Crippen LogP contribution in [0.4, 0.5) is 17.1 Å². The molecule has 44 heavy (non-hydrogen) atoms. The molecular formula is C42H27NS. The standard InChI is InChI=1S/C42H27NS/c1-2-15-31(16-3-1)43(32-22-21-28-11-4-5-13-30(28)25-32)33-23-24-41-39(26-33)40-27-38(36-18-8-9-19-37(36)42(40)44-41)35-20-10-14-29-12-6-7-17-34(29)35/h1-27H. The molecule has 0 bridgehead atoms. The van der Waals surface area contributed by atoms with Crippen molar-refractivity contribution < 1.29 is 0 Å². The van der Waals surface area contributed by atoms with Crippen molar-refractivity contribution >= 4 is 80.9 Å². The number of rotatable bonds is 4. The third-order valence-electron chi connectivity index (χ3n) is 8.80. The van der Waals surface area contributed by atoms with Crippen LogP contribution in [0, 0.1) is 0 Å². The number of benzene rings is 8. The number of para-hydroxylation sites is 1. The fourth-order valence-electron chi connectivity index (χ4n) is 6.75. The van der Waals surface area contributed by atoms with E-state index in [0.717, 1.165) is 17.1 Å². The largest absolute Gasteiger partial charge is 0.310 e. The van der Waals surface area contributed by atoms with E-state index in [9.17, 15) is 0 Å². The van der Waals surface area contributed by atoms with E-state index in [1.165, 1.54) is 63.6 Å². The fraction of sp³-hybridized carbons (Fsp3) is 0. The SMILES string of the molecule is c1ccc(N(c2ccc3ccccc3c2)c2ccc3sc4c5ccccc5c(-c5cccc6ccccc56)cc4c3c2)cc1. The monoisotopic (exact) mass is 577 g/mol. The Balaban J connectivity index is 1.31.